The molecule has 5 rings (SSSR count). The van der Waals surface area contributed by atoms with Crippen LogP contribution in [0.25, 0.3) is 11.1 Å². The first kappa shape index (κ1) is 23.3. The highest BCUT2D eigenvalue weighted by molar-refractivity contribution is 5.83. The van der Waals surface area contributed by atoms with Crippen molar-refractivity contribution in [3.63, 3.8) is 0 Å². The SMILES string of the molecule is O=C(NCC1CCOC1C(=O)N1CCOC(C(=O)O)C1)OCC1c2ccccc2-c2ccccc21. The molecule has 2 saturated heterocycles. The van der Waals surface area contributed by atoms with E-state index < -0.39 is 24.3 Å². The van der Waals surface area contributed by atoms with Crippen LogP contribution in [0.5, 0.6) is 0 Å². The summed E-state index contributed by atoms with van der Waals surface area (Å²) in [5, 5.41) is 12.0. The van der Waals surface area contributed by atoms with E-state index in [4.69, 9.17) is 14.2 Å². The molecule has 2 N–H and O–H groups in total. The highest BCUT2D eigenvalue weighted by Gasteiger charge is 2.39. The van der Waals surface area contributed by atoms with E-state index in [2.05, 4.69) is 29.6 Å². The molecule has 35 heavy (non-hydrogen) atoms. The molecule has 9 nitrogen and oxygen atoms in total. The molecule has 0 spiro atoms. The molecular weight excluding hydrogens is 452 g/mol. The minimum atomic E-state index is -1.09. The lowest BCUT2D eigenvalue weighted by atomic mass is 9.98. The second-order valence-corrected chi connectivity index (χ2v) is 9.03. The Labute approximate surface area is 203 Å². The third-order valence-corrected chi connectivity index (χ3v) is 6.96. The zero-order chi connectivity index (χ0) is 24.4. The molecule has 2 aliphatic heterocycles. The summed E-state index contributed by atoms with van der Waals surface area (Å²) in [7, 11) is 0. The summed E-state index contributed by atoms with van der Waals surface area (Å²) in [6.45, 7) is 1.32. The second kappa shape index (κ2) is 10.1. The highest BCUT2D eigenvalue weighted by atomic mass is 16.5. The first-order valence-electron chi connectivity index (χ1n) is 11.9. The number of morpholine rings is 1. The van der Waals surface area contributed by atoms with Crippen molar-refractivity contribution in [3.05, 3.63) is 59.7 Å². The number of rotatable bonds is 6. The Morgan fingerprint density at radius 2 is 1.69 bits per heavy atom. The second-order valence-electron chi connectivity index (χ2n) is 9.03. The maximum atomic E-state index is 13.0. The number of alkyl carbamates (subject to hydrolysis) is 1. The fourth-order valence-electron chi connectivity index (χ4n) is 5.16. The molecule has 1 aliphatic carbocycles. The van der Waals surface area contributed by atoms with Crippen LogP contribution in [0.3, 0.4) is 0 Å². The molecule has 9 heteroatoms. The average molecular weight is 481 g/mol. The van der Waals surface area contributed by atoms with Gasteiger partial charge < -0.3 is 29.5 Å². The van der Waals surface area contributed by atoms with Crippen LogP contribution >= 0.6 is 0 Å². The lowest BCUT2D eigenvalue weighted by Gasteiger charge is -2.33. The summed E-state index contributed by atoms with van der Waals surface area (Å²) in [6.07, 6.45) is -1.68. The quantitative estimate of drug-likeness (QED) is 0.652. The number of carboxylic acids is 1. The molecule has 0 saturated carbocycles. The average Bonchev–Trinajstić information content (AvgIpc) is 3.48. The smallest absolute Gasteiger partial charge is 0.407 e. The van der Waals surface area contributed by atoms with Crippen LogP contribution in [0.15, 0.2) is 48.5 Å². The van der Waals surface area contributed by atoms with Gasteiger partial charge in [-0.3, -0.25) is 4.79 Å². The van der Waals surface area contributed by atoms with Crippen molar-refractivity contribution >= 4 is 18.0 Å². The van der Waals surface area contributed by atoms with Crippen LogP contribution in [0.4, 0.5) is 4.79 Å². The van der Waals surface area contributed by atoms with Crippen molar-refractivity contribution in [1.29, 1.82) is 0 Å². The summed E-state index contributed by atoms with van der Waals surface area (Å²) < 4.78 is 16.4. The Kier molecular flexibility index (Phi) is 6.70. The number of carbonyl (C=O) groups is 3. The van der Waals surface area contributed by atoms with Gasteiger partial charge in [0.05, 0.1) is 13.2 Å². The molecule has 3 atom stereocenters. The molecule has 184 valence electrons. The maximum absolute atomic E-state index is 13.0. The molecule has 0 aromatic heterocycles. The number of nitrogens with zero attached hydrogens (tertiary/aromatic N) is 1. The van der Waals surface area contributed by atoms with E-state index in [1.165, 1.54) is 4.90 Å². The van der Waals surface area contributed by atoms with Gasteiger partial charge in [0, 0.05) is 31.5 Å². The fraction of sp³-hybridized carbons (Fsp3) is 0.423. The van der Waals surface area contributed by atoms with Crippen molar-refractivity contribution in [2.75, 3.05) is 39.5 Å². The summed E-state index contributed by atoms with van der Waals surface area (Å²) in [6, 6.07) is 16.3. The highest BCUT2D eigenvalue weighted by Crippen LogP contribution is 2.44. The van der Waals surface area contributed by atoms with E-state index >= 15 is 0 Å². The first-order valence-corrected chi connectivity index (χ1v) is 11.9. The number of carboxylic acid groups (broad SMARTS) is 1. The zero-order valence-electron chi connectivity index (χ0n) is 19.2. The Bertz CT molecular complexity index is 1070. The van der Waals surface area contributed by atoms with Crippen LogP contribution in [-0.2, 0) is 23.8 Å². The van der Waals surface area contributed by atoms with Crippen molar-refractivity contribution in [3.8, 4) is 11.1 Å². The molecule has 0 bridgehead atoms. The molecule has 3 unspecified atom stereocenters. The Hall–Kier alpha value is -3.43. The lowest BCUT2D eigenvalue weighted by molar-refractivity contribution is -0.163. The van der Waals surface area contributed by atoms with Crippen LogP contribution in [0.1, 0.15) is 23.5 Å². The van der Waals surface area contributed by atoms with Gasteiger partial charge >= 0.3 is 12.1 Å². The van der Waals surface area contributed by atoms with Gasteiger partial charge in [0.2, 0.25) is 0 Å². The van der Waals surface area contributed by atoms with Gasteiger partial charge in [-0.1, -0.05) is 48.5 Å². The monoisotopic (exact) mass is 480 g/mol. The maximum Gasteiger partial charge on any atom is 0.407 e. The third kappa shape index (κ3) is 4.74. The van der Waals surface area contributed by atoms with E-state index in [1.54, 1.807) is 0 Å². The van der Waals surface area contributed by atoms with E-state index in [0.717, 1.165) is 22.3 Å². The van der Waals surface area contributed by atoms with Gasteiger partial charge in [-0.25, -0.2) is 9.59 Å². The normalized spacial score (nSPS) is 23.4. The van der Waals surface area contributed by atoms with Crippen molar-refractivity contribution in [2.24, 2.45) is 5.92 Å². The summed E-state index contributed by atoms with van der Waals surface area (Å²) >= 11 is 0. The summed E-state index contributed by atoms with van der Waals surface area (Å²) in [5.74, 6) is -1.60. The standard InChI is InChI=1S/C26H28N2O7/c29-24(28-10-12-33-22(14-28)25(30)31)23-16(9-11-34-23)13-27-26(32)35-15-21-19-7-3-1-5-17(19)18-6-2-4-8-20(18)21/h1-8,16,21-23H,9-15H2,(H,27,32)(H,30,31). The molecule has 2 amide bonds. The molecule has 3 aliphatic rings. The van der Waals surface area contributed by atoms with Crippen molar-refractivity contribution in [1.82, 2.24) is 10.2 Å². The minimum Gasteiger partial charge on any atom is -0.479 e. The number of fused-ring (bicyclic) bond motifs is 3. The topological polar surface area (TPSA) is 114 Å². The number of nitrogens with one attached hydrogen (secondary N) is 1. The molecule has 2 heterocycles. The van der Waals surface area contributed by atoms with Crippen LogP contribution < -0.4 is 5.32 Å². The first-order chi connectivity index (χ1) is 17.0. The number of hydrogen-bond donors (Lipinski definition) is 2. The van der Waals surface area contributed by atoms with Crippen LogP contribution in [0, 0.1) is 5.92 Å². The third-order valence-electron chi connectivity index (χ3n) is 6.96. The Morgan fingerprint density at radius 3 is 2.37 bits per heavy atom. The van der Waals surface area contributed by atoms with Crippen molar-refractivity contribution < 1.29 is 33.7 Å². The molecule has 2 aromatic carbocycles. The predicted molar refractivity (Wildman–Crippen MR) is 125 cm³/mol. The van der Waals surface area contributed by atoms with Gasteiger partial charge in [0.1, 0.15) is 12.7 Å². The number of benzene rings is 2. The van der Waals surface area contributed by atoms with Gasteiger partial charge in [0.15, 0.2) is 6.10 Å². The number of hydrogen-bond acceptors (Lipinski definition) is 6. The van der Waals surface area contributed by atoms with Gasteiger partial charge in [-0.05, 0) is 28.7 Å². The number of aliphatic carboxylic acids is 1. The molecular formula is C26H28N2O7. The van der Waals surface area contributed by atoms with Gasteiger partial charge in [0.25, 0.3) is 5.91 Å². The number of ether oxygens (including phenoxy) is 3. The van der Waals surface area contributed by atoms with Crippen molar-refractivity contribution in [2.45, 2.75) is 24.5 Å². The predicted octanol–water partition coefficient (Wildman–Crippen LogP) is 2.24. The molecule has 2 aromatic rings. The number of amides is 2. The van der Waals surface area contributed by atoms with E-state index in [0.29, 0.717) is 19.6 Å². The molecule has 2 fully saturated rings. The Morgan fingerprint density at radius 1 is 1.00 bits per heavy atom. The Balaban J connectivity index is 1.15. The largest absolute Gasteiger partial charge is 0.479 e. The van der Waals surface area contributed by atoms with Crippen LogP contribution in [0.2, 0.25) is 0 Å². The van der Waals surface area contributed by atoms with E-state index in [9.17, 15) is 19.5 Å². The number of carbonyl (C=O) groups excluding carboxylic acids is 2. The fourth-order valence-corrected chi connectivity index (χ4v) is 5.16. The lowest BCUT2D eigenvalue weighted by Crippen LogP contribution is -2.53. The summed E-state index contributed by atoms with van der Waals surface area (Å²) in [5.41, 5.74) is 4.60. The minimum absolute atomic E-state index is 0.0133. The van der Waals surface area contributed by atoms with E-state index in [1.807, 2.05) is 24.3 Å². The summed E-state index contributed by atoms with van der Waals surface area (Å²) in [4.78, 5) is 38.2. The van der Waals surface area contributed by atoms with Gasteiger partial charge in [-0.2, -0.15) is 0 Å². The van der Waals surface area contributed by atoms with Crippen LogP contribution in [-0.4, -0.2) is 79.6 Å². The zero-order valence-corrected chi connectivity index (χ0v) is 19.2. The van der Waals surface area contributed by atoms with E-state index in [-0.39, 0.29) is 44.0 Å². The molecule has 0 radical (unpaired) electrons. The van der Waals surface area contributed by atoms with Gasteiger partial charge in [-0.15, -0.1) is 0 Å².